The van der Waals surface area contributed by atoms with Gasteiger partial charge in [0.25, 0.3) is 0 Å². The van der Waals surface area contributed by atoms with Crippen molar-refractivity contribution in [1.29, 1.82) is 0 Å². The number of nitrogens with zero attached hydrogens (tertiary/aromatic N) is 3. The topological polar surface area (TPSA) is 69.0 Å². The SMILES string of the molecule is CCOC(=O)c1nc(NC(C)Cn2cccn2)sc1C. The number of aromatic nitrogens is 3. The number of thiazole rings is 1. The predicted molar refractivity (Wildman–Crippen MR) is 78.1 cm³/mol. The molecule has 2 aromatic heterocycles. The van der Waals surface area contributed by atoms with Gasteiger partial charge in [-0.15, -0.1) is 11.3 Å². The van der Waals surface area contributed by atoms with Crippen LogP contribution in [0, 0.1) is 6.92 Å². The number of esters is 1. The maximum Gasteiger partial charge on any atom is 0.358 e. The fourth-order valence-electron chi connectivity index (χ4n) is 1.79. The summed E-state index contributed by atoms with van der Waals surface area (Å²) in [6, 6.07) is 2.05. The van der Waals surface area contributed by atoms with Crippen molar-refractivity contribution < 1.29 is 9.53 Å². The summed E-state index contributed by atoms with van der Waals surface area (Å²) < 4.78 is 6.83. The first kappa shape index (κ1) is 14.5. The van der Waals surface area contributed by atoms with Crippen LogP contribution in [0.3, 0.4) is 0 Å². The lowest BCUT2D eigenvalue weighted by molar-refractivity contribution is 0.0519. The Labute approximate surface area is 121 Å². The number of ether oxygens (including phenoxy) is 1. The summed E-state index contributed by atoms with van der Waals surface area (Å²) in [5.74, 6) is -0.367. The monoisotopic (exact) mass is 294 g/mol. The Morgan fingerprint density at radius 3 is 3.05 bits per heavy atom. The number of hydrogen-bond donors (Lipinski definition) is 1. The van der Waals surface area contributed by atoms with Gasteiger partial charge in [-0.05, 0) is 26.8 Å². The van der Waals surface area contributed by atoms with Crippen molar-refractivity contribution in [2.45, 2.75) is 33.4 Å². The summed E-state index contributed by atoms with van der Waals surface area (Å²) in [6.45, 7) is 6.79. The maximum absolute atomic E-state index is 11.7. The molecule has 0 radical (unpaired) electrons. The predicted octanol–water partition coefficient (Wildman–Crippen LogP) is 2.33. The van der Waals surface area contributed by atoms with Crippen LogP contribution in [-0.2, 0) is 11.3 Å². The number of rotatable bonds is 6. The van der Waals surface area contributed by atoms with Crippen LogP contribution in [0.5, 0.6) is 0 Å². The molecule has 0 amide bonds. The van der Waals surface area contributed by atoms with Crippen LogP contribution in [0.15, 0.2) is 18.5 Å². The minimum atomic E-state index is -0.367. The van der Waals surface area contributed by atoms with E-state index in [4.69, 9.17) is 4.74 Å². The van der Waals surface area contributed by atoms with Crippen LogP contribution in [0.4, 0.5) is 5.13 Å². The second kappa shape index (κ2) is 6.51. The van der Waals surface area contributed by atoms with Crippen LogP contribution in [0.25, 0.3) is 0 Å². The summed E-state index contributed by atoms with van der Waals surface area (Å²) in [6.07, 6.45) is 3.66. The second-order valence-corrected chi connectivity index (χ2v) is 5.62. The largest absolute Gasteiger partial charge is 0.461 e. The van der Waals surface area contributed by atoms with Gasteiger partial charge in [-0.1, -0.05) is 0 Å². The van der Waals surface area contributed by atoms with Crippen molar-refractivity contribution in [3.63, 3.8) is 0 Å². The van der Waals surface area contributed by atoms with Gasteiger partial charge >= 0.3 is 5.97 Å². The Morgan fingerprint density at radius 2 is 2.40 bits per heavy atom. The lowest BCUT2D eigenvalue weighted by Gasteiger charge is -2.12. The van der Waals surface area contributed by atoms with E-state index in [0.29, 0.717) is 12.3 Å². The lowest BCUT2D eigenvalue weighted by atomic mass is 10.3. The van der Waals surface area contributed by atoms with Gasteiger partial charge in [-0.25, -0.2) is 9.78 Å². The van der Waals surface area contributed by atoms with Gasteiger partial charge < -0.3 is 10.1 Å². The van der Waals surface area contributed by atoms with E-state index in [0.717, 1.165) is 16.6 Å². The number of carbonyl (C=O) groups is 1. The molecule has 0 aliphatic rings. The minimum absolute atomic E-state index is 0.162. The molecule has 2 aromatic rings. The average Bonchev–Trinajstić information content (AvgIpc) is 2.99. The first-order chi connectivity index (χ1) is 9.60. The Balaban J connectivity index is 1.99. The number of hydrogen-bond acceptors (Lipinski definition) is 6. The fourth-order valence-corrected chi connectivity index (χ4v) is 2.71. The molecule has 0 aliphatic heterocycles. The van der Waals surface area contributed by atoms with E-state index in [2.05, 4.69) is 15.4 Å². The molecule has 0 saturated carbocycles. The first-order valence-electron chi connectivity index (χ1n) is 6.48. The molecule has 0 spiro atoms. The summed E-state index contributed by atoms with van der Waals surface area (Å²) in [4.78, 5) is 16.9. The van der Waals surface area contributed by atoms with Crippen molar-refractivity contribution in [3.8, 4) is 0 Å². The van der Waals surface area contributed by atoms with Gasteiger partial charge in [-0.3, -0.25) is 4.68 Å². The van der Waals surface area contributed by atoms with E-state index in [1.54, 1.807) is 13.1 Å². The van der Waals surface area contributed by atoms with E-state index < -0.39 is 0 Å². The quantitative estimate of drug-likeness (QED) is 0.828. The lowest BCUT2D eigenvalue weighted by Crippen LogP contribution is -2.22. The third kappa shape index (κ3) is 3.57. The normalized spacial score (nSPS) is 12.2. The van der Waals surface area contributed by atoms with Crippen LogP contribution in [-0.4, -0.2) is 33.4 Å². The molecular formula is C13H18N4O2S. The zero-order valence-electron chi connectivity index (χ0n) is 11.8. The Kier molecular flexibility index (Phi) is 4.73. The summed E-state index contributed by atoms with van der Waals surface area (Å²) in [5, 5.41) is 8.16. The molecule has 0 aromatic carbocycles. The van der Waals surface area contributed by atoms with Gasteiger partial charge in [0, 0.05) is 23.3 Å². The highest BCUT2D eigenvalue weighted by Crippen LogP contribution is 2.23. The number of aryl methyl sites for hydroxylation is 1. The molecule has 2 heterocycles. The van der Waals surface area contributed by atoms with E-state index >= 15 is 0 Å². The smallest absolute Gasteiger partial charge is 0.358 e. The third-order valence-electron chi connectivity index (χ3n) is 2.66. The molecule has 1 N–H and O–H groups in total. The van der Waals surface area contributed by atoms with Gasteiger partial charge in [0.05, 0.1) is 13.2 Å². The second-order valence-electron chi connectivity index (χ2n) is 4.42. The molecule has 2 rings (SSSR count). The van der Waals surface area contributed by atoms with Crippen LogP contribution >= 0.6 is 11.3 Å². The highest BCUT2D eigenvalue weighted by molar-refractivity contribution is 7.15. The van der Waals surface area contributed by atoms with Crippen LogP contribution < -0.4 is 5.32 Å². The van der Waals surface area contributed by atoms with E-state index in [9.17, 15) is 4.79 Å². The number of anilines is 1. The molecule has 0 fully saturated rings. The van der Waals surface area contributed by atoms with E-state index in [-0.39, 0.29) is 12.0 Å². The standard InChI is InChI=1S/C13H18N4O2S/c1-4-19-12(18)11-10(3)20-13(16-11)15-9(2)8-17-7-5-6-14-17/h5-7,9H,4,8H2,1-3H3,(H,15,16). The molecule has 20 heavy (non-hydrogen) atoms. The van der Waals surface area contributed by atoms with Crippen molar-refractivity contribution in [1.82, 2.24) is 14.8 Å². The minimum Gasteiger partial charge on any atom is -0.461 e. The van der Waals surface area contributed by atoms with Gasteiger partial charge in [-0.2, -0.15) is 5.10 Å². The Morgan fingerprint density at radius 1 is 1.60 bits per heavy atom. The van der Waals surface area contributed by atoms with E-state index in [1.165, 1.54) is 11.3 Å². The molecule has 6 nitrogen and oxygen atoms in total. The highest BCUT2D eigenvalue weighted by atomic mass is 32.1. The van der Waals surface area contributed by atoms with E-state index in [1.807, 2.05) is 30.8 Å². The van der Waals surface area contributed by atoms with Crippen molar-refractivity contribution >= 4 is 22.4 Å². The molecule has 0 bridgehead atoms. The Bertz CT molecular complexity index is 565. The van der Waals surface area contributed by atoms with Crippen molar-refractivity contribution in [2.75, 3.05) is 11.9 Å². The molecule has 7 heteroatoms. The van der Waals surface area contributed by atoms with Crippen molar-refractivity contribution in [2.24, 2.45) is 0 Å². The zero-order chi connectivity index (χ0) is 14.5. The highest BCUT2D eigenvalue weighted by Gasteiger charge is 2.17. The molecule has 0 aliphatic carbocycles. The number of carbonyl (C=O) groups excluding carboxylic acids is 1. The molecular weight excluding hydrogens is 276 g/mol. The fraction of sp³-hybridized carbons (Fsp3) is 0.462. The van der Waals surface area contributed by atoms with Crippen LogP contribution in [0.1, 0.15) is 29.2 Å². The zero-order valence-corrected chi connectivity index (χ0v) is 12.6. The van der Waals surface area contributed by atoms with Gasteiger partial charge in [0.2, 0.25) is 0 Å². The van der Waals surface area contributed by atoms with Crippen molar-refractivity contribution in [3.05, 3.63) is 29.0 Å². The maximum atomic E-state index is 11.7. The summed E-state index contributed by atoms with van der Waals surface area (Å²) in [7, 11) is 0. The summed E-state index contributed by atoms with van der Waals surface area (Å²) in [5.41, 5.74) is 0.394. The van der Waals surface area contributed by atoms with Gasteiger partial charge in [0.15, 0.2) is 10.8 Å². The molecule has 108 valence electrons. The summed E-state index contributed by atoms with van der Waals surface area (Å²) >= 11 is 1.46. The molecule has 1 atom stereocenters. The average molecular weight is 294 g/mol. The van der Waals surface area contributed by atoms with Crippen LogP contribution in [0.2, 0.25) is 0 Å². The first-order valence-corrected chi connectivity index (χ1v) is 7.30. The van der Waals surface area contributed by atoms with Gasteiger partial charge in [0.1, 0.15) is 0 Å². The molecule has 0 saturated heterocycles. The molecule has 1 unspecified atom stereocenters. The Hall–Kier alpha value is -1.89. The third-order valence-corrected chi connectivity index (χ3v) is 3.56. The number of nitrogens with one attached hydrogen (secondary N) is 1.